The van der Waals surface area contributed by atoms with E-state index in [-0.39, 0.29) is 5.97 Å². The zero-order chi connectivity index (χ0) is 15.5. The molecule has 0 radical (unpaired) electrons. The van der Waals surface area contributed by atoms with Crippen LogP contribution in [-0.4, -0.2) is 22.6 Å². The molecule has 0 aliphatic rings. The number of aryl methyl sites for hydroxylation is 1. The maximum absolute atomic E-state index is 11.4. The molecule has 0 fully saturated rings. The van der Waals surface area contributed by atoms with Crippen LogP contribution >= 0.6 is 0 Å². The van der Waals surface area contributed by atoms with Gasteiger partial charge in [0, 0.05) is 35.6 Å². The van der Waals surface area contributed by atoms with E-state index in [9.17, 15) is 4.79 Å². The Balaban J connectivity index is 2.28. The molecule has 3 aromatic rings. The number of hydrogen-bond acceptors (Lipinski definition) is 3. The molecule has 110 valence electrons. The Hall–Kier alpha value is -2.88. The summed E-state index contributed by atoms with van der Waals surface area (Å²) in [5, 5.41) is 1.15. The van der Waals surface area contributed by atoms with Crippen LogP contribution < -0.4 is 0 Å². The van der Waals surface area contributed by atoms with Crippen molar-refractivity contribution in [2.24, 2.45) is 0 Å². The third-order valence-electron chi connectivity index (χ3n) is 3.66. The zero-order valence-corrected chi connectivity index (χ0v) is 12.5. The average molecular weight is 292 g/mol. The number of aromatic nitrogens is 2. The van der Waals surface area contributed by atoms with Crippen LogP contribution in [0.1, 0.15) is 5.56 Å². The van der Waals surface area contributed by atoms with Crippen molar-refractivity contribution < 1.29 is 9.53 Å². The Morgan fingerprint density at radius 1 is 1.23 bits per heavy atom. The van der Waals surface area contributed by atoms with Gasteiger partial charge in [-0.3, -0.25) is 4.98 Å². The summed E-state index contributed by atoms with van der Waals surface area (Å²) in [6.45, 7) is 2.08. The van der Waals surface area contributed by atoms with Crippen molar-refractivity contribution in [1.82, 2.24) is 9.55 Å². The van der Waals surface area contributed by atoms with E-state index in [1.54, 1.807) is 12.4 Å². The summed E-state index contributed by atoms with van der Waals surface area (Å²) >= 11 is 0. The van der Waals surface area contributed by atoms with Gasteiger partial charge in [0.15, 0.2) is 0 Å². The predicted octanol–water partition coefficient (Wildman–Crippen LogP) is 3.66. The number of carbonyl (C=O) groups excluding carboxylic acids is 1. The lowest BCUT2D eigenvalue weighted by atomic mass is 10.1. The van der Waals surface area contributed by atoms with E-state index in [4.69, 9.17) is 0 Å². The van der Waals surface area contributed by atoms with E-state index in [1.165, 1.54) is 13.2 Å². The highest BCUT2D eigenvalue weighted by molar-refractivity contribution is 5.95. The Morgan fingerprint density at radius 3 is 2.77 bits per heavy atom. The Kier molecular flexibility index (Phi) is 3.74. The van der Waals surface area contributed by atoms with Crippen LogP contribution in [0.4, 0.5) is 0 Å². The van der Waals surface area contributed by atoms with Crippen molar-refractivity contribution >= 4 is 23.1 Å². The number of rotatable bonds is 3. The first-order chi connectivity index (χ1) is 10.7. The summed E-state index contributed by atoms with van der Waals surface area (Å²) in [6.07, 6.45) is 6.73. The largest absolute Gasteiger partial charge is 0.466 e. The van der Waals surface area contributed by atoms with Gasteiger partial charge in [-0.25, -0.2) is 4.79 Å². The average Bonchev–Trinajstić information content (AvgIpc) is 2.86. The smallest absolute Gasteiger partial charge is 0.331 e. The van der Waals surface area contributed by atoms with Crippen molar-refractivity contribution in [3.8, 4) is 11.3 Å². The third-order valence-corrected chi connectivity index (χ3v) is 3.66. The summed E-state index contributed by atoms with van der Waals surface area (Å²) in [4.78, 5) is 15.6. The van der Waals surface area contributed by atoms with E-state index in [0.29, 0.717) is 0 Å². The van der Waals surface area contributed by atoms with Gasteiger partial charge < -0.3 is 9.30 Å². The Labute approximate surface area is 128 Å². The van der Waals surface area contributed by atoms with Gasteiger partial charge in [-0.05, 0) is 30.7 Å². The highest BCUT2D eigenvalue weighted by Crippen LogP contribution is 2.33. The quantitative estimate of drug-likeness (QED) is 0.546. The minimum absolute atomic E-state index is 0.382. The summed E-state index contributed by atoms with van der Waals surface area (Å²) in [7, 11) is 1.37. The normalized spacial score (nSPS) is 11.2. The van der Waals surface area contributed by atoms with Gasteiger partial charge in [-0.1, -0.05) is 18.2 Å². The maximum atomic E-state index is 11.4. The number of fused-ring (bicyclic) bond motifs is 1. The molecule has 0 spiro atoms. The monoisotopic (exact) mass is 292 g/mol. The van der Waals surface area contributed by atoms with E-state index in [0.717, 1.165) is 27.7 Å². The summed E-state index contributed by atoms with van der Waals surface area (Å²) in [5.74, 6) is -0.382. The molecule has 0 atom stereocenters. The molecule has 2 aromatic heterocycles. The molecule has 2 heterocycles. The molecular weight excluding hydrogens is 276 g/mol. The van der Waals surface area contributed by atoms with E-state index in [2.05, 4.69) is 22.7 Å². The van der Waals surface area contributed by atoms with Crippen LogP contribution in [0.25, 0.3) is 28.4 Å². The number of carbonyl (C=O) groups is 1. The summed E-state index contributed by atoms with van der Waals surface area (Å²) in [6, 6.07) is 12.0. The molecule has 0 aliphatic heterocycles. The molecule has 0 amide bonds. The van der Waals surface area contributed by atoms with Crippen molar-refractivity contribution in [1.29, 1.82) is 0 Å². The van der Waals surface area contributed by atoms with Gasteiger partial charge in [-0.2, -0.15) is 0 Å². The minimum atomic E-state index is -0.382. The van der Waals surface area contributed by atoms with Gasteiger partial charge in [0.1, 0.15) is 0 Å². The number of pyridine rings is 1. The Bertz CT molecular complexity index is 848. The van der Waals surface area contributed by atoms with Crippen LogP contribution in [0.2, 0.25) is 0 Å². The lowest BCUT2D eigenvalue weighted by molar-refractivity contribution is -0.134. The number of ether oxygens (including phenoxy) is 1. The molecule has 0 bridgehead atoms. The highest BCUT2D eigenvalue weighted by Gasteiger charge is 2.14. The van der Waals surface area contributed by atoms with Gasteiger partial charge in [0.2, 0.25) is 0 Å². The number of para-hydroxylation sites is 1. The van der Waals surface area contributed by atoms with Crippen LogP contribution in [0, 0.1) is 6.92 Å². The minimum Gasteiger partial charge on any atom is -0.466 e. The first kappa shape index (κ1) is 14.1. The van der Waals surface area contributed by atoms with Crippen LogP contribution in [0.15, 0.2) is 54.9 Å². The zero-order valence-electron chi connectivity index (χ0n) is 12.5. The summed E-state index contributed by atoms with van der Waals surface area (Å²) in [5.41, 5.74) is 4.22. The second kappa shape index (κ2) is 5.85. The number of benzene rings is 1. The van der Waals surface area contributed by atoms with E-state index in [1.807, 2.05) is 41.1 Å². The Morgan fingerprint density at radius 2 is 2.05 bits per heavy atom. The molecule has 0 unspecified atom stereocenters. The molecule has 22 heavy (non-hydrogen) atoms. The molecule has 4 heteroatoms. The van der Waals surface area contributed by atoms with Gasteiger partial charge in [0.05, 0.1) is 18.3 Å². The van der Waals surface area contributed by atoms with Crippen molar-refractivity contribution in [3.05, 3.63) is 60.4 Å². The fourth-order valence-electron chi connectivity index (χ4n) is 2.65. The molecule has 0 N–H and O–H groups in total. The molecule has 0 aliphatic carbocycles. The lowest BCUT2D eigenvalue weighted by Crippen LogP contribution is -1.97. The standard InChI is InChI=1S/C18H16N2O2/c1-13-15-7-3-4-8-16(15)20(11-9-17(21)22-2)18(13)14-6-5-10-19-12-14/h3-12H,1-2H3/b11-9+. The first-order valence-electron chi connectivity index (χ1n) is 6.98. The van der Waals surface area contributed by atoms with E-state index >= 15 is 0 Å². The molecule has 0 saturated heterocycles. The second-order valence-corrected chi connectivity index (χ2v) is 4.94. The number of methoxy groups -OCH3 is 1. The molecule has 3 rings (SSSR count). The molecular formula is C18H16N2O2. The van der Waals surface area contributed by atoms with Crippen LogP contribution in [0.3, 0.4) is 0 Å². The van der Waals surface area contributed by atoms with Crippen molar-refractivity contribution in [3.63, 3.8) is 0 Å². The number of esters is 1. The first-order valence-corrected chi connectivity index (χ1v) is 6.98. The molecule has 1 aromatic carbocycles. The SMILES string of the molecule is COC(=O)/C=C/n1c(-c2cccnc2)c(C)c2ccccc21. The summed E-state index contributed by atoms with van der Waals surface area (Å²) < 4.78 is 6.68. The molecule has 4 nitrogen and oxygen atoms in total. The highest BCUT2D eigenvalue weighted by atomic mass is 16.5. The topological polar surface area (TPSA) is 44.1 Å². The van der Waals surface area contributed by atoms with Crippen LogP contribution in [0.5, 0.6) is 0 Å². The van der Waals surface area contributed by atoms with Gasteiger partial charge >= 0.3 is 5.97 Å². The fourth-order valence-corrected chi connectivity index (χ4v) is 2.65. The van der Waals surface area contributed by atoms with Crippen molar-refractivity contribution in [2.45, 2.75) is 6.92 Å². The van der Waals surface area contributed by atoms with E-state index < -0.39 is 0 Å². The second-order valence-electron chi connectivity index (χ2n) is 4.94. The number of hydrogen-bond donors (Lipinski definition) is 0. The molecule has 0 saturated carbocycles. The maximum Gasteiger partial charge on any atom is 0.331 e. The third kappa shape index (κ3) is 2.39. The van der Waals surface area contributed by atoms with Crippen LogP contribution in [-0.2, 0) is 9.53 Å². The fraction of sp³-hybridized carbons (Fsp3) is 0.111. The number of nitrogens with zero attached hydrogens (tertiary/aromatic N) is 2. The van der Waals surface area contributed by atoms with Gasteiger partial charge in [0.25, 0.3) is 0 Å². The van der Waals surface area contributed by atoms with Gasteiger partial charge in [-0.15, -0.1) is 0 Å². The predicted molar refractivity (Wildman–Crippen MR) is 87.3 cm³/mol. The lowest BCUT2D eigenvalue weighted by Gasteiger charge is -2.06. The van der Waals surface area contributed by atoms with Crippen molar-refractivity contribution in [2.75, 3.05) is 7.11 Å².